The first-order chi connectivity index (χ1) is 11.1. The lowest BCUT2D eigenvalue weighted by molar-refractivity contribution is 0.0951. The molecule has 0 saturated carbocycles. The predicted octanol–water partition coefficient (Wildman–Crippen LogP) is 4.09. The van der Waals surface area contributed by atoms with Gasteiger partial charge in [-0.25, -0.2) is 0 Å². The van der Waals surface area contributed by atoms with Crippen LogP contribution in [0.2, 0.25) is 0 Å². The monoisotopic (exact) mass is 377 g/mol. The number of hydrogen-bond acceptors (Lipinski definition) is 3. The lowest BCUT2D eigenvalue weighted by Crippen LogP contribution is -2.23. The molecule has 0 aliphatic rings. The molecule has 0 atom stereocenters. The molecule has 0 spiro atoms. The van der Waals surface area contributed by atoms with Gasteiger partial charge in [-0.3, -0.25) is 4.79 Å². The standard InChI is InChI=1S/C18H20BrNO3/c1-4-20-18(21)15-7-5-6-12(2)17(15)23-11-13-10-14(19)8-9-16(13)22-3/h5-10H,4,11H2,1-3H3,(H,20,21). The van der Waals surface area contributed by atoms with E-state index in [0.717, 1.165) is 21.3 Å². The Morgan fingerprint density at radius 3 is 2.74 bits per heavy atom. The quantitative estimate of drug-likeness (QED) is 0.824. The normalized spacial score (nSPS) is 10.3. The van der Waals surface area contributed by atoms with E-state index in [2.05, 4.69) is 21.2 Å². The van der Waals surface area contributed by atoms with Gasteiger partial charge >= 0.3 is 0 Å². The molecule has 5 heteroatoms. The molecule has 0 saturated heterocycles. The summed E-state index contributed by atoms with van der Waals surface area (Å²) in [5, 5.41) is 2.81. The fourth-order valence-electron chi connectivity index (χ4n) is 2.29. The molecule has 0 aliphatic carbocycles. The van der Waals surface area contributed by atoms with Crippen LogP contribution in [-0.2, 0) is 6.61 Å². The third-order valence-corrected chi connectivity index (χ3v) is 3.90. The number of carbonyl (C=O) groups excluding carboxylic acids is 1. The number of ether oxygens (including phenoxy) is 2. The number of halogens is 1. The van der Waals surface area contributed by atoms with E-state index < -0.39 is 0 Å². The van der Waals surface area contributed by atoms with Crippen LogP contribution in [0.25, 0.3) is 0 Å². The molecule has 2 aromatic carbocycles. The van der Waals surface area contributed by atoms with Gasteiger partial charge in [0, 0.05) is 16.6 Å². The molecular formula is C18H20BrNO3. The minimum atomic E-state index is -0.132. The van der Waals surface area contributed by atoms with E-state index in [4.69, 9.17) is 9.47 Å². The first-order valence-corrected chi connectivity index (χ1v) is 8.19. The number of hydrogen-bond donors (Lipinski definition) is 1. The maximum Gasteiger partial charge on any atom is 0.255 e. The van der Waals surface area contributed by atoms with Crippen LogP contribution >= 0.6 is 15.9 Å². The number of methoxy groups -OCH3 is 1. The minimum Gasteiger partial charge on any atom is -0.496 e. The molecule has 0 aromatic heterocycles. The highest BCUT2D eigenvalue weighted by Gasteiger charge is 2.15. The average molecular weight is 378 g/mol. The van der Waals surface area contributed by atoms with Crippen LogP contribution in [0, 0.1) is 6.92 Å². The zero-order chi connectivity index (χ0) is 16.8. The molecule has 1 N–H and O–H groups in total. The van der Waals surface area contributed by atoms with E-state index >= 15 is 0 Å². The highest BCUT2D eigenvalue weighted by atomic mass is 79.9. The van der Waals surface area contributed by atoms with Crippen molar-refractivity contribution in [2.24, 2.45) is 0 Å². The molecule has 2 rings (SSSR count). The summed E-state index contributed by atoms with van der Waals surface area (Å²) in [4.78, 5) is 12.2. The predicted molar refractivity (Wildman–Crippen MR) is 94.2 cm³/mol. The first kappa shape index (κ1) is 17.3. The second kappa shape index (κ2) is 8.02. The Hall–Kier alpha value is -2.01. The molecule has 0 bridgehead atoms. The minimum absolute atomic E-state index is 0.132. The number of aryl methyl sites for hydroxylation is 1. The van der Waals surface area contributed by atoms with Crippen LogP contribution < -0.4 is 14.8 Å². The number of amides is 1. The van der Waals surface area contributed by atoms with Crippen molar-refractivity contribution in [1.29, 1.82) is 0 Å². The maximum absolute atomic E-state index is 12.2. The van der Waals surface area contributed by atoms with E-state index in [9.17, 15) is 4.79 Å². The number of para-hydroxylation sites is 1. The second-order valence-electron chi connectivity index (χ2n) is 5.06. The van der Waals surface area contributed by atoms with E-state index in [1.165, 1.54) is 0 Å². The van der Waals surface area contributed by atoms with E-state index in [1.807, 2.05) is 44.2 Å². The lowest BCUT2D eigenvalue weighted by atomic mass is 10.1. The van der Waals surface area contributed by atoms with Crippen LogP contribution in [0.15, 0.2) is 40.9 Å². The zero-order valence-electron chi connectivity index (χ0n) is 13.5. The van der Waals surface area contributed by atoms with E-state index in [1.54, 1.807) is 13.2 Å². The van der Waals surface area contributed by atoms with Gasteiger partial charge in [0.2, 0.25) is 0 Å². The molecule has 0 aliphatic heterocycles. The smallest absolute Gasteiger partial charge is 0.255 e. The molecular weight excluding hydrogens is 358 g/mol. The summed E-state index contributed by atoms with van der Waals surface area (Å²) < 4.78 is 12.3. The number of benzene rings is 2. The summed E-state index contributed by atoms with van der Waals surface area (Å²) >= 11 is 3.45. The first-order valence-electron chi connectivity index (χ1n) is 7.39. The van der Waals surface area contributed by atoms with Gasteiger partial charge in [-0.1, -0.05) is 28.1 Å². The molecule has 0 unspecified atom stereocenters. The number of nitrogens with one attached hydrogen (secondary N) is 1. The van der Waals surface area contributed by atoms with Crippen LogP contribution in [0.3, 0.4) is 0 Å². The highest BCUT2D eigenvalue weighted by molar-refractivity contribution is 9.10. The third-order valence-electron chi connectivity index (χ3n) is 3.41. The Kier molecular flexibility index (Phi) is 6.04. The molecule has 0 heterocycles. The van der Waals surface area contributed by atoms with Crippen LogP contribution in [0.1, 0.15) is 28.4 Å². The number of rotatable bonds is 6. The molecule has 4 nitrogen and oxygen atoms in total. The van der Waals surface area contributed by atoms with Crippen LogP contribution in [-0.4, -0.2) is 19.6 Å². The van der Waals surface area contributed by atoms with Crippen molar-refractivity contribution in [2.45, 2.75) is 20.5 Å². The highest BCUT2D eigenvalue weighted by Crippen LogP contribution is 2.28. The zero-order valence-corrected chi connectivity index (χ0v) is 15.1. The largest absolute Gasteiger partial charge is 0.496 e. The summed E-state index contributed by atoms with van der Waals surface area (Å²) in [6.45, 7) is 4.71. The van der Waals surface area contributed by atoms with Crippen molar-refractivity contribution in [1.82, 2.24) is 5.32 Å². The Morgan fingerprint density at radius 1 is 1.26 bits per heavy atom. The van der Waals surface area contributed by atoms with Gasteiger partial charge in [-0.2, -0.15) is 0 Å². The SMILES string of the molecule is CCNC(=O)c1cccc(C)c1OCc1cc(Br)ccc1OC. The van der Waals surface area contributed by atoms with Gasteiger partial charge in [0.25, 0.3) is 5.91 Å². The summed E-state index contributed by atoms with van der Waals surface area (Å²) in [7, 11) is 1.63. The molecule has 0 radical (unpaired) electrons. The fraction of sp³-hybridized carbons (Fsp3) is 0.278. The average Bonchev–Trinajstić information content (AvgIpc) is 2.54. The summed E-state index contributed by atoms with van der Waals surface area (Å²) in [5.41, 5.74) is 2.37. The van der Waals surface area contributed by atoms with Crippen molar-refractivity contribution in [3.05, 3.63) is 57.6 Å². The summed E-state index contributed by atoms with van der Waals surface area (Å²) in [5.74, 6) is 1.22. The summed E-state index contributed by atoms with van der Waals surface area (Å²) in [6, 6.07) is 11.3. The van der Waals surface area contributed by atoms with Gasteiger partial charge < -0.3 is 14.8 Å². The Labute approximate surface area is 144 Å². The van der Waals surface area contributed by atoms with Gasteiger partial charge in [0.05, 0.1) is 12.7 Å². The van der Waals surface area contributed by atoms with Gasteiger partial charge in [-0.15, -0.1) is 0 Å². The van der Waals surface area contributed by atoms with Crippen molar-refractivity contribution in [3.63, 3.8) is 0 Å². The molecule has 122 valence electrons. The lowest BCUT2D eigenvalue weighted by Gasteiger charge is -2.15. The molecule has 23 heavy (non-hydrogen) atoms. The van der Waals surface area contributed by atoms with Crippen molar-refractivity contribution in [2.75, 3.05) is 13.7 Å². The van der Waals surface area contributed by atoms with Gasteiger partial charge in [-0.05, 0) is 43.7 Å². The molecule has 2 aromatic rings. The maximum atomic E-state index is 12.2. The van der Waals surface area contributed by atoms with Crippen LogP contribution in [0.4, 0.5) is 0 Å². The fourth-order valence-corrected chi connectivity index (χ4v) is 2.70. The Bertz CT molecular complexity index is 701. The summed E-state index contributed by atoms with van der Waals surface area (Å²) in [6.07, 6.45) is 0. The third kappa shape index (κ3) is 4.26. The van der Waals surface area contributed by atoms with E-state index in [0.29, 0.717) is 24.5 Å². The Balaban J connectivity index is 2.27. The van der Waals surface area contributed by atoms with E-state index in [-0.39, 0.29) is 5.91 Å². The van der Waals surface area contributed by atoms with Crippen molar-refractivity contribution in [3.8, 4) is 11.5 Å². The van der Waals surface area contributed by atoms with Gasteiger partial charge in [0.15, 0.2) is 0 Å². The van der Waals surface area contributed by atoms with Gasteiger partial charge in [0.1, 0.15) is 18.1 Å². The molecule has 1 amide bonds. The second-order valence-corrected chi connectivity index (χ2v) is 5.97. The van der Waals surface area contributed by atoms with Crippen LogP contribution in [0.5, 0.6) is 11.5 Å². The van der Waals surface area contributed by atoms with Crippen molar-refractivity contribution < 1.29 is 14.3 Å². The topological polar surface area (TPSA) is 47.6 Å². The van der Waals surface area contributed by atoms with Crippen molar-refractivity contribution >= 4 is 21.8 Å². The Morgan fingerprint density at radius 2 is 2.04 bits per heavy atom. The number of carbonyl (C=O) groups is 1. The molecule has 0 fully saturated rings.